The first-order valence-corrected chi connectivity index (χ1v) is 7.03. The Balaban J connectivity index is 1.97. The number of benzene rings is 1. The molecule has 100 valence electrons. The highest BCUT2D eigenvalue weighted by Gasteiger charge is 2.23. The van der Waals surface area contributed by atoms with Gasteiger partial charge in [-0.25, -0.2) is 0 Å². The van der Waals surface area contributed by atoms with Gasteiger partial charge in [-0.2, -0.15) is 0 Å². The van der Waals surface area contributed by atoms with Crippen molar-refractivity contribution in [2.45, 2.75) is 52.7 Å². The van der Waals surface area contributed by atoms with Crippen LogP contribution in [0.1, 0.15) is 37.8 Å². The van der Waals surface area contributed by atoms with Crippen LogP contribution in [0.4, 0.5) is 0 Å². The van der Waals surface area contributed by atoms with Gasteiger partial charge < -0.3 is 10.1 Å². The van der Waals surface area contributed by atoms with Crippen LogP contribution in [0.2, 0.25) is 0 Å². The Hall–Kier alpha value is -1.02. The molecular weight excluding hydrogens is 222 g/mol. The summed E-state index contributed by atoms with van der Waals surface area (Å²) in [5.74, 6) is 1.53. The Morgan fingerprint density at radius 1 is 1.17 bits per heavy atom. The van der Waals surface area contributed by atoms with Gasteiger partial charge in [0.05, 0.1) is 0 Å². The van der Waals surface area contributed by atoms with Gasteiger partial charge in [0, 0.05) is 12.6 Å². The fraction of sp³-hybridized carbons (Fsp3) is 0.625. The lowest BCUT2D eigenvalue weighted by Gasteiger charge is -2.23. The molecule has 0 spiro atoms. The smallest absolute Gasteiger partial charge is 0.120 e. The van der Waals surface area contributed by atoms with E-state index in [4.69, 9.17) is 4.74 Å². The van der Waals surface area contributed by atoms with Crippen LogP contribution in [0, 0.1) is 19.8 Å². The van der Waals surface area contributed by atoms with Crippen molar-refractivity contribution in [1.82, 2.24) is 5.32 Å². The van der Waals surface area contributed by atoms with Crippen molar-refractivity contribution in [3.8, 4) is 5.75 Å². The van der Waals surface area contributed by atoms with Gasteiger partial charge >= 0.3 is 0 Å². The standard InChI is InChI=1S/C16H25NO/c1-11(2)16(10-17-14-5-6-14)18-15-8-12(3)7-13(4)9-15/h7-9,11,14,16-17H,5-6,10H2,1-4H3. The van der Waals surface area contributed by atoms with Crippen LogP contribution in [0.3, 0.4) is 0 Å². The molecule has 1 aromatic rings. The van der Waals surface area contributed by atoms with Gasteiger partial charge in [0.15, 0.2) is 0 Å². The molecule has 1 aromatic carbocycles. The van der Waals surface area contributed by atoms with Crippen molar-refractivity contribution in [3.05, 3.63) is 29.3 Å². The van der Waals surface area contributed by atoms with E-state index < -0.39 is 0 Å². The third kappa shape index (κ3) is 4.02. The molecule has 18 heavy (non-hydrogen) atoms. The van der Waals surface area contributed by atoms with Gasteiger partial charge in [0.2, 0.25) is 0 Å². The van der Waals surface area contributed by atoms with Crippen LogP contribution < -0.4 is 10.1 Å². The summed E-state index contributed by atoms with van der Waals surface area (Å²) in [6.45, 7) is 9.64. The summed E-state index contributed by atoms with van der Waals surface area (Å²) < 4.78 is 6.15. The lowest BCUT2D eigenvalue weighted by molar-refractivity contribution is 0.148. The van der Waals surface area contributed by atoms with Crippen LogP contribution >= 0.6 is 0 Å². The van der Waals surface area contributed by atoms with E-state index in [9.17, 15) is 0 Å². The summed E-state index contributed by atoms with van der Waals surface area (Å²) in [7, 11) is 0. The van der Waals surface area contributed by atoms with E-state index in [1.165, 1.54) is 24.0 Å². The van der Waals surface area contributed by atoms with Crippen molar-refractivity contribution in [2.24, 2.45) is 5.92 Å². The zero-order chi connectivity index (χ0) is 13.1. The third-order valence-electron chi connectivity index (χ3n) is 3.41. The lowest BCUT2D eigenvalue weighted by Crippen LogP contribution is -2.36. The molecule has 2 heteroatoms. The summed E-state index contributed by atoms with van der Waals surface area (Å²) in [6, 6.07) is 7.17. The zero-order valence-corrected chi connectivity index (χ0v) is 12.0. The minimum Gasteiger partial charge on any atom is -0.489 e. The molecular formula is C16H25NO. The maximum Gasteiger partial charge on any atom is 0.120 e. The Bertz CT molecular complexity index is 376. The van der Waals surface area contributed by atoms with Crippen LogP contribution in [0.15, 0.2) is 18.2 Å². The van der Waals surface area contributed by atoms with Crippen LogP contribution in [-0.2, 0) is 0 Å². The van der Waals surface area contributed by atoms with E-state index in [0.29, 0.717) is 5.92 Å². The van der Waals surface area contributed by atoms with Crippen molar-refractivity contribution < 1.29 is 4.74 Å². The van der Waals surface area contributed by atoms with Gasteiger partial charge in [-0.15, -0.1) is 0 Å². The van der Waals surface area contributed by atoms with E-state index in [-0.39, 0.29) is 6.10 Å². The largest absolute Gasteiger partial charge is 0.489 e. The molecule has 0 heterocycles. The molecule has 1 aliphatic rings. The second-order valence-corrected chi connectivity index (χ2v) is 5.91. The van der Waals surface area contributed by atoms with Crippen molar-refractivity contribution in [1.29, 1.82) is 0 Å². The summed E-state index contributed by atoms with van der Waals surface area (Å²) in [4.78, 5) is 0. The minimum absolute atomic E-state index is 0.256. The number of hydrogen-bond acceptors (Lipinski definition) is 2. The lowest BCUT2D eigenvalue weighted by atomic mass is 10.1. The first kappa shape index (κ1) is 13.4. The van der Waals surface area contributed by atoms with E-state index in [2.05, 4.69) is 51.2 Å². The molecule has 1 atom stereocenters. The monoisotopic (exact) mass is 247 g/mol. The quantitative estimate of drug-likeness (QED) is 0.831. The van der Waals surface area contributed by atoms with Crippen molar-refractivity contribution in [3.63, 3.8) is 0 Å². The molecule has 0 radical (unpaired) electrons. The van der Waals surface area contributed by atoms with Crippen LogP contribution in [0.25, 0.3) is 0 Å². The van der Waals surface area contributed by atoms with Crippen LogP contribution in [-0.4, -0.2) is 18.7 Å². The first-order chi connectivity index (χ1) is 8.54. The number of aryl methyl sites for hydroxylation is 2. The molecule has 0 bridgehead atoms. The molecule has 1 unspecified atom stereocenters. The maximum absolute atomic E-state index is 6.15. The van der Waals surface area contributed by atoms with E-state index in [0.717, 1.165) is 18.3 Å². The first-order valence-electron chi connectivity index (χ1n) is 7.03. The van der Waals surface area contributed by atoms with Crippen molar-refractivity contribution >= 4 is 0 Å². The molecule has 0 saturated heterocycles. The molecule has 2 rings (SSSR count). The van der Waals surface area contributed by atoms with Crippen LogP contribution in [0.5, 0.6) is 5.75 Å². The molecule has 1 N–H and O–H groups in total. The van der Waals surface area contributed by atoms with E-state index >= 15 is 0 Å². The third-order valence-corrected chi connectivity index (χ3v) is 3.41. The molecule has 0 aliphatic heterocycles. The average molecular weight is 247 g/mol. The normalized spacial score (nSPS) is 16.9. The van der Waals surface area contributed by atoms with Gasteiger partial charge in [-0.3, -0.25) is 0 Å². The number of ether oxygens (including phenoxy) is 1. The Labute approximate surface area is 111 Å². The summed E-state index contributed by atoms with van der Waals surface area (Å²) in [6.07, 6.45) is 2.91. The topological polar surface area (TPSA) is 21.3 Å². The average Bonchev–Trinajstić information content (AvgIpc) is 3.06. The second-order valence-electron chi connectivity index (χ2n) is 5.91. The fourth-order valence-electron chi connectivity index (χ4n) is 2.16. The zero-order valence-electron chi connectivity index (χ0n) is 12.0. The van der Waals surface area contributed by atoms with Gasteiger partial charge in [-0.05, 0) is 55.9 Å². The van der Waals surface area contributed by atoms with Crippen molar-refractivity contribution in [2.75, 3.05) is 6.54 Å². The summed E-state index contributed by atoms with van der Waals surface area (Å²) in [5, 5.41) is 3.56. The molecule has 0 aromatic heterocycles. The second kappa shape index (κ2) is 5.75. The summed E-state index contributed by atoms with van der Waals surface area (Å²) in [5.41, 5.74) is 2.53. The highest BCUT2D eigenvalue weighted by Crippen LogP contribution is 2.22. The highest BCUT2D eigenvalue weighted by molar-refractivity contribution is 5.33. The number of nitrogens with one attached hydrogen (secondary N) is 1. The molecule has 1 saturated carbocycles. The number of hydrogen-bond donors (Lipinski definition) is 1. The SMILES string of the molecule is Cc1cc(C)cc(OC(CNC2CC2)C(C)C)c1. The Morgan fingerprint density at radius 3 is 2.28 bits per heavy atom. The highest BCUT2D eigenvalue weighted by atomic mass is 16.5. The summed E-state index contributed by atoms with van der Waals surface area (Å²) >= 11 is 0. The van der Waals surface area contributed by atoms with E-state index in [1.807, 2.05) is 0 Å². The Kier molecular flexibility index (Phi) is 4.28. The van der Waals surface area contributed by atoms with Gasteiger partial charge in [0.25, 0.3) is 0 Å². The molecule has 2 nitrogen and oxygen atoms in total. The fourth-order valence-corrected chi connectivity index (χ4v) is 2.16. The predicted octanol–water partition coefficient (Wildman–Crippen LogP) is 3.46. The maximum atomic E-state index is 6.15. The molecule has 0 amide bonds. The molecule has 1 fully saturated rings. The van der Waals surface area contributed by atoms with E-state index in [1.54, 1.807) is 0 Å². The molecule has 1 aliphatic carbocycles. The minimum atomic E-state index is 0.256. The van der Waals surface area contributed by atoms with Gasteiger partial charge in [-0.1, -0.05) is 19.9 Å². The predicted molar refractivity (Wildman–Crippen MR) is 76.2 cm³/mol. The number of rotatable bonds is 6. The van der Waals surface area contributed by atoms with Gasteiger partial charge in [0.1, 0.15) is 11.9 Å². The Morgan fingerprint density at radius 2 is 1.78 bits per heavy atom.